The van der Waals surface area contributed by atoms with Crippen LogP contribution in [-0.2, 0) is 22.7 Å². The quantitative estimate of drug-likeness (QED) is 0.505. The van der Waals surface area contributed by atoms with Crippen molar-refractivity contribution in [2.75, 3.05) is 5.32 Å². The maximum atomic E-state index is 12.7. The number of carbonyl (C=O) groups excluding carboxylic acids is 4. The van der Waals surface area contributed by atoms with Gasteiger partial charge in [-0.3, -0.25) is 25.0 Å². The van der Waals surface area contributed by atoms with Gasteiger partial charge in [-0.25, -0.2) is 9.59 Å². The number of carboxylic acid groups (broad SMARTS) is 1. The standard InChI is InChI=1S/C21H20N4O6S/c1-10-9-32-18(16(10)20(29)30)24-21(31)22-7-11-2-3-13-12(6-11)8-25(19(13)28)14-4-5-15(26)23-17(14)27/h2-3,6,9,14H,4-5,7-8H2,1H3,(H,29,30)(H2,22,24,31)(H,23,26,27). The number of hydrogen-bond acceptors (Lipinski definition) is 6. The summed E-state index contributed by atoms with van der Waals surface area (Å²) in [4.78, 5) is 61.3. The highest BCUT2D eigenvalue weighted by Crippen LogP contribution is 2.29. The summed E-state index contributed by atoms with van der Waals surface area (Å²) < 4.78 is 0. The van der Waals surface area contributed by atoms with Gasteiger partial charge in [-0.05, 0) is 41.5 Å². The Labute approximate surface area is 186 Å². The number of aryl methyl sites for hydroxylation is 1. The average Bonchev–Trinajstić information content (AvgIpc) is 3.26. The number of carbonyl (C=O) groups is 5. The Kier molecular flexibility index (Phi) is 5.66. The van der Waals surface area contributed by atoms with Gasteiger partial charge in [0.05, 0.1) is 5.56 Å². The van der Waals surface area contributed by atoms with E-state index in [0.717, 1.165) is 22.5 Å². The summed E-state index contributed by atoms with van der Waals surface area (Å²) in [6.07, 6.45) is 0.480. The highest BCUT2D eigenvalue weighted by atomic mass is 32.1. The molecule has 1 unspecified atom stereocenters. The molecule has 1 fully saturated rings. The first-order chi connectivity index (χ1) is 15.2. The number of urea groups is 1. The Morgan fingerprint density at radius 2 is 2.06 bits per heavy atom. The molecule has 1 saturated heterocycles. The third-order valence-electron chi connectivity index (χ3n) is 5.46. The van der Waals surface area contributed by atoms with Crippen molar-refractivity contribution in [1.29, 1.82) is 0 Å². The first-order valence-electron chi connectivity index (χ1n) is 9.87. The first-order valence-corrected chi connectivity index (χ1v) is 10.7. The minimum atomic E-state index is -1.11. The number of nitrogens with one attached hydrogen (secondary N) is 3. The Morgan fingerprint density at radius 1 is 1.28 bits per heavy atom. The summed E-state index contributed by atoms with van der Waals surface area (Å²) in [7, 11) is 0. The molecule has 5 amide bonds. The number of fused-ring (bicyclic) bond motifs is 1. The minimum Gasteiger partial charge on any atom is -0.478 e. The second-order valence-electron chi connectivity index (χ2n) is 7.63. The SMILES string of the molecule is Cc1csc(NC(=O)NCc2ccc3c(c2)CN(C2CCC(=O)NC2=O)C3=O)c1C(=O)O. The van der Waals surface area contributed by atoms with E-state index >= 15 is 0 Å². The molecule has 0 spiro atoms. The molecular weight excluding hydrogens is 436 g/mol. The van der Waals surface area contributed by atoms with E-state index in [9.17, 15) is 29.1 Å². The fourth-order valence-corrected chi connectivity index (χ4v) is 4.80. The minimum absolute atomic E-state index is 0.0646. The molecule has 1 aromatic carbocycles. The zero-order valence-electron chi connectivity index (χ0n) is 17.1. The number of rotatable bonds is 5. The zero-order chi connectivity index (χ0) is 23.0. The average molecular weight is 456 g/mol. The second kappa shape index (κ2) is 8.42. The topological polar surface area (TPSA) is 145 Å². The lowest BCUT2D eigenvalue weighted by Gasteiger charge is -2.29. The second-order valence-corrected chi connectivity index (χ2v) is 8.51. The lowest BCUT2D eigenvalue weighted by Crippen LogP contribution is -2.52. The number of piperidine rings is 1. The van der Waals surface area contributed by atoms with Gasteiger partial charge in [0.15, 0.2) is 0 Å². The van der Waals surface area contributed by atoms with Crippen LogP contribution in [0, 0.1) is 6.92 Å². The van der Waals surface area contributed by atoms with Crippen LogP contribution in [0.1, 0.15) is 50.2 Å². The fraction of sp³-hybridized carbons (Fsp3) is 0.286. The summed E-state index contributed by atoms with van der Waals surface area (Å²) in [5, 5.41) is 18.7. The molecule has 4 rings (SSSR count). The van der Waals surface area contributed by atoms with Crippen molar-refractivity contribution in [3.63, 3.8) is 0 Å². The number of thiophene rings is 1. The van der Waals surface area contributed by atoms with Crippen LogP contribution < -0.4 is 16.0 Å². The Morgan fingerprint density at radius 3 is 2.78 bits per heavy atom. The smallest absolute Gasteiger partial charge is 0.338 e. The number of aromatic carboxylic acids is 1. The summed E-state index contributed by atoms with van der Waals surface area (Å²) >= 11 is 1.14. The predicted molar refractivity (Wildman–Crippen MR) is 114 cm³/mol. The molecule has 0 radical (unpaired) electrons. The highest BCUT2D eigenvalue weighted by molar-refractivity contribution is 7.15. The summed E-state index contributed by atoms with van der Waals surface area (Å²) in [5.74, 6) is -2.18. The highest BCUT2D eigenvalue weighted by Gasteiger charge is 2.39. The molecule has 0 aliphatic carbocycles. The molecule has 4 N–H and O–H groups in total. The Balaban J connectivity index is 1.39. The Hall–Kier alpha value is -3.73. The van der Waals surface area contributed by atoms with E-state index in [1.54, 1.807) is 30.5 Å². The maximum Gasteiger partial charge on any atom is 0.338 e. The number of anilines is 1. The van der Waals surface area contributed by atoms with Crippen molar-refractivity contribution in [3.8, 4) is 0 Å². The first kappa shape index (κ1) is 21.5. The van der Waals surface area contributed by atoms with Crippen molar-refractivity contribution < 1.29 is 29.1 Å². The summed E-state index contributed by atoms with van der Waals surface area (Å²) in [6, 6.07) is 3.93. The van der Waals surface area contributed by atoms with Crippen LogP contribution in [-0.4, -0.2) is 45.8 Å². The molecule has 2 aliphatic heterocycles. The van der Waals surface area contributed by atoms with E-state index in [-0.39, 0.29) is 41.9 Å². The number of imide groups is 1. The molecule has 2 aliphatic rings. The van der Waals surface area contributed by atoms with Gasteiger partial charge in [0.1, 0.15) is 11.0 Å². The van der Waals surface area contributed by atoms with Gasteiger partial charge in [0, 0.05) is 25.1 Å². The molecule has 11 heteroatoms. The predicted octanol–water partition coefficient (Wildman–Crippen LogP) is 1.84. The van der Waals surface area contributed by atoms with Gasteiger partial charge in [-0.1, -0.05) is 12.1 Å². The van der Waals surface area contributed by atoms with Crippen LogP contribution >= 0.6 is 11.3 Å². The molecule has 2 aromatic rings. The number of hydrogen-bond donors (Lipinski definition) is 4. The van der Waals surface area contributed by atoms with E-state index in [1.807, 2.05) is 0 Å². The van der Waals surface area contributed by atoms with E-state index < -0.39 is 23.9 Å². The third-order valence-corrected chi connectivity index (χ3v) is 6.47. The third kappa shape index (κ3) is 4.06. The normalized spacial score (nSPS) is 17.7. The molecule has 3 heterocycles. The van der Waals surface area contributed by atoms with E-state index in [0.29, 0.717) is 17.5 Å². The largest absolute Gasteiger partial charge is 0.478 e. The molecule has 32 heavy (non-hydrogen) atoms. The van der Waals surface area contributed by atoms with Crippen molar-refractivity contribution >= 4 is 46.1 Å². The van der Waals surface area contributed by atoms with Gasteiger partial charge in [0.2, 0.25) is 11.8 Å². The number of carboxylic acids is 1. The lowest BCUT2D eigenvalue weighted by molar-refractivity contribution is -0.136. The van der Waals surface area contributed by atoms with Gasteiger partial charge >= 0.3 is 12.0 Å². The molecule has 0 bridgehead atoms. The van der Waals surface area contributed by atoms with Gasteiger partial charge in [-0.2, -0.15) is 0 Å². The summed E-state index contributed by atoms with van der Waals surface area (Å²) in [6.45, 7) is 2.07. The lowest BCUT2D eigenvalue weighted by atomic mass is 10.0. The van der Waals surface area contributed by atoms with Crippen molar-refractivity contribution in [2.45, 2.75) is 38.9 Å². The fourth-order valence-electron chi connectivity index (χ4n) is 3.87. The van der Waals surface area contributed by atoms with Gasteiger partial charge < -0.3 is 15.3 Å². The molecular formula is C21H20N4O6S. The van der Waals surface area contributed by atoms with Crippen LogP contribution in [0.15, 0.2) is 23.6 Å². The van der Waals surface area contributed by atoms with Gasteiger partial charge in [0.25, 0.3) is 5.91 Å². The molecule has 166 valence electrons. The van der Waals surface area contributed by atoms with Crippen molar-refractivity contribution in [3.05, 3.63) is 51.4 Å². The number of nitrogens with zero attached hydrogens (tertiary/aromatic N) is 1. The zero-order valence-corrected chi connectivity index (χ0v) is 17.9. The van der Waals surface area contributed by atoms with Crippen LogP contribution in [0.4, 0.5) is 9.80 Å². The molecule has 1 atom stereocenters. The number of amides is 5. The van der Waals surface area contributed by atoms with Crippen LogP contribution in [0.3, 0.4) is 0 Å². The van der Waals surface area contributed by atoms with Crippen LogP contribution in [0.5, 0.6) is 0 Å². The van der Waals surface area contributed by atoms with E-state index in [1.165, 1.54) is 4.90 Å². The van der Waals surface area contributed by atoms with Crippen LogP contribution in [0.25, 0.3) is 0 Å². The maximum absolute atomic E-state index is 12.7. The molecule has 10 nitrogen and oxygen atoms in total. The van der Waals surface area contributed by atoms with Gasteiger partial charge in [-0.15, -0.1) is 11.3 Å². The molecule has 0 saturated carbocycles. The van der Waals surface area contributed by atoms with Crippen LogP contribution in [0.2, 0.25) is 0 Å². The van der Waals surface area contributed by atoms with E-state index in [2.05, 4.69) is 16.0 Å². The molecule has 1 aromatic heterocycles. The Bertz CT molecular complexity index is 1160. The van der Waals surface area contributed by atoms with Crippen molar-refractivity contribution in [1.82, 2.24) is 15.5 Å². The summed E-state index contributed by atoms with van der Waals surface area (Å²) in [5.41, 5.74) is 2.61. The number of benzene rings is 1. The van der Waals surface area contributed by atoms with Crippen molar-refractivity contribution in [2.24, 2.45) is 0 Å². The monoisotopic (exact) mass is 456 g/mol. The van der Waals surface area contributed by atoms with E-state index in [4.69, 9.17) is 0 Å².